The molecular weight excluding hydrogens is 231 g/mol. The van der Waals surface area contributed by atoms with Gasteiger partial charge in [0, 0.05) is 15.0 Å². The zero-order valence-corrected chi connectivity index (χ0v) is 10.7. The minimum absolute atomic E-state index is 0.224. The van der Waals surface area contributed by atoms with Gasteiger partial charge in [-0.2, -0.15) is 0 Å². The molecule has 0 aliphatic carbocycles. The largest absolute Gasteiger partial charge is 0.206 e. The summed E-state index contributed by atoms with van der Waals surface area (Å²) in [7, 11) is 0. The normalized spacial score (nSPS) is 9.93. The molecule has 0 spiro atoms. The number of rotatable bonds is 1. The quantitative estimate of drug-likeness (QED) is 0.640. The SMILES string of the molecule is CC.CCc1sc2cccc(F)c2c1Cl. The summed E-state index contributed by atoms with van der Waals surface area (Å²) in [5.41, 5.74) is 0. The molecule has 15 heavy (non-hydrogen) atoms. The number of aryl methyl sites for hydroxylation is 1. The van der Waals surface area contributed by atoms with E-state index < -0.39 is 0 Å². The fraction of sp³-hybridized carbons (Fsp3) is 0.333. The van der Waals surface area contributed by atoms with Crippen molar-refractivity contribution in [1.29, 1.82) is 0 Å². The van der Waals surface area contributed by atoms with Crippen LogP contribution in [-0.2, 0) is 6.42 Å². The van der Waals surface area contributed by atoms with E-state index in [1.807, 2.05) is 26.8 Å². The van der Waals surface area contributed by atoms with Crippen molar-refractivity contribution in [1.82, 2.24) is 0 Å². The summed E-state index contributed by atoms with van der Waals surface area (Å²) in [4.78, 5) is 1.06. The third kappa shape index (κ3) is 2.32. The van der Waals surface area contributed by atoms with Gasteiger partial charge in [-0.1, -0.05) is 38.4 Å². The van der Waals surface area contributed by atoms with Gasteiger partial charge in [-0.25, -0.2) is 4.39 Å². The van der Waals surface area contributed by atoms with Gasteiger partial charge in [0.1, 0.15) is 5.82 Å². The van der Waals surface area contributed by atoms with Gasteiger partial charge in [0.25, 0.3) is 0 Å². The first-order chi connectivity index (χ1) is 7.24. The highest BCUT2D eigenvalue weighted by atomic mass is 35.5. The fourth-order valence-corrected chi connectivity index (χ4v) is 2.89. The van der Waals surface area contributed by atoms with E-state index in [0.717, 1.165) is 16.0 Å². The van der Waals surface area contributed by atoms with Crippen LogP contribution in [0.2, 0.25) is 5.02 Å². The molecule has 82 valence electrons. The molecule has 0 fully saturated rings. The van der Waals surface area contributed by atoms with Crippen LogP contribution in [0.1, 0.15) is 25.6 Å². The molecule has 3 heteroatoms. The minimum Gasteiger partial charge on any atom is -0.206 e. The molecule has 1 aromatic carbocycles. The van der Waals surface area contributed by atoms with Gasteiger partial charge in [-0.05, 0) is 18.6 Å². The highest BCUT2D eigenvalue weighted by Gasteiger charge is 2.11. The summed E-state index contributed by atoms with van der Waals surface area (Å²) >= 11 is 7.60. The lowest BCUT2D eigenvalue weighted by atomic mass is 10.2. The number of halogens is 2. The highest BCUT2D eigenvalue weighted by molar-refractivity contribution is 7.19. The average Bonchev–Trinajstić information content (AvgIpc) is 2.60. The molecule has 2 aromatic rings. The van der Waals surface area contributed by atoms with Gasteiger partial charge in [0.2, 0.25) is 0 Å². The molecule has 0 aliphatic heterocycles. The zero-order chi connectivity index (χ0) is 11.4. The molecule has 1 aromatic heterocycles. The Kier molecular flexibility index (Phi) is 4.55. The Balaban J connectivity index is 0.000000531. The summed E-state index contributed by atoms with van der Waals surface area (Å²) < 4.78 is 14.3. The Hall–Kier alpha value is -0.600. The lowest BCUT2D eigenvalue weighted by Gasteiger charge is -1.92. The molecule has 0 saturated heterocycles. The molecule has 0 saturated carbocycles. The maximum atomic E-state index is 13.3. The van der Waals surface area contributed by atoms with Crippen molar-refractivity contribution < 1.29 is 4.39 Å². The number of hydrogen-bond acceptors (Lipinski definition) is 1. The lowest BCUT2D eigenvalue weighted by Crippen LogP contribution is -1.75. The standard InChI is InChI=1S/C10H8ClFS.C2H6/c1-2-7-10(11)9-6(12)4-3-5-8(9)13-7;1-2/h3-5H,2H2,1H3;1-2H3. The summed E-state index contributed by atoms with van der Waals surface area (Å²) in [5.74, 6) is -0.224. The van der Waals surface area contributed by atoms with E-state index in [4.69, 9.17) is 11.6 Å². The van der Waals surface area contributed by atoms with Crippen molar-refractivity contribution in [3.63, 3.8) is 0 Å². The molecule has 0 atom stereocenters. The van der Waals surface area contributed by atoms with Crippen LogP contribution in [-0.4, -0.2) is 0 Å². The molecule has 2 rings (SSSR count). The van der Waals surface area contributed by atoms with Crippen molar-refractivity contribution in [3.05, 3.63) is 33.9 Å². The van der Waals surface area contributed by atoms with Crippen LogP contribution in [0.4, 0.5) is 4.39 Å². The van der Waals surface area contributed by atoms with E-state index in [0.29, 0.717) is 10.4 Å². The van der Waals surface area contributed by atoms with Crippen LogP contribution in [0.5, 0.6) is 0 Å². The first-order valence-electron chi connectivity index (χ1n) is 5.09. The van der Waals surface area contributed by atoms with Crippen LogP contribution >= 0.6 is 22.9 Å². The zero-order valence-electron chi connectivity index (χ0n) is 9.10. The van der Waals surface area contributed by atoms with Crippen LogP contribution in [0.25, 0.3) is 10.1 Å². The summed E-state index contributed by atoms with van der Waals surface area (Å²) in [6.07, 6.45) is 0.859. The van der Waals surface area contributed by atoms with E-state index in [1.165, 1.54) is 6.07 Å². The third-order valence-electron chi connectivity index (χ3n) is 1.99. The topological polar surface area (TPSA) is 0 Å². The summed E-state index contributed by atoms with van der Waals surface area (Å²) in [6.45, 7) is 6.02. The Morgan fingerprint density at radius 1 is 1.33 bits per heavy atom. The van der Waals surface area contributed by atoms with E-state index in [2.05, 4.69) is 0 Å². The number of hydrogen-bond donors (Lipinski definition) is 0. The highest BCUT2D eigenvalue weighted by Crippen LogP contribution is 2.36. The van der Waals surface area contributed by atoms with Crippen molar-refractivity contribution in [3.8, 4) is 0 Å². The Bertz CT molecular complexity index is 448. The number of benzene rings is 1. The van der Waals surface area contributed by atoms with E-state index >= 15 is 0 Å². The molecular formula is C12H14ClFS. The van der Waals surface area contributed by atoms with Crippen molar-refractivity contribution in [2.24, 2.45) is 0 Å². The van der Waals surface area contributed by atoms with Crippen molar-refractivity contribution in [2.45, 2.75) is 27.2 Å². The fourth-order valence-electron chi connectivity index (χ4n) is 1.35. The Morgan fingerprint density at radius 3 is 2.53 bits per heavy atom. The lowest BCUT2D eigenvalue weighted by molar-refractivity contribution is 0.640. The molecule has 0 nitrogen and oxygen atoms in total. The second-order valence-corrected chi connectivity index (χ2v) is 4.32. The van der Waals surface area contributed by atoms with Crippen LogP contribution in [0, 0.1) is 5.82 Å². The van der Waals surface area contributed by atoms with Crippen LogP contribution < -0.4 is 0 Å². The van der Waals surface area contributed by atoms with Gasteiger partial charge in [0.05, 0.1) is 5.02 Å². The van der Waals surface area contributed by atoms with Crippen LogP contribution in [0.3, 0.4) is 0 Å². The van der Waals surface area contributed by atoms with Gasteiger partial charge in [0.15, 0.2) is 0 Å². The molecule has 0 aliphatic rings. The molecule has 0 unspecified atom stereocenters. The average molecular weight is 245 g/mol. The molecule has 1 heterocycles. The molecule has 0 radical (unpaired) electrons. The molecule has 0 bridgehead atoms. The molecule has 0 N–H and O–H groups in total. The van der Waals surface area contributed by atoms with Gasteiger partial charge < -0.3 is 0 Å². The number of fused-ring (bicyclic) bond motifs is 1. The minimum atomic E-state index is -0.224. The maximum Gasteiger partial charge on any atom is 0.133 e. The van der Waals surface area contributed by atoms with Crippen molar-refractivity contribution >= 4 is 33.0 Å². The van der Waals surface area contributed by atoms with Gasteiger partial charge in [-0.15, -0.1) is 11.3 Å². The predicted octanol–water partition coefficient (Wildman–Crippen LogP) is 5.28. The van der Waals surface area contributed by atoms with Gasteiger partial charge in [-0.3, -0.25) is 0 Å². The first-order valence-corrected chi connectivity index (χ1v) is 6.29. The van der Waals surface area contributed by atoms with E-state index in [9.17, 15) is 4.39 Å². The second-order valence-electron chi connectivity index (χ2n) is 2.81. The third-order valence-corrected chi connectivity index (χ3v) is 3.82. The monoisotopic (exact) mass is 244 g/mol. The Labute approximate surface area is 98.7 Å². The van der Waals surface area contributed by atoms with E-state index in [1.54, 1.807) is 17.4 Å². The predicted molar refractivity (Wildman–Crippen MR) is 67.5 cm³/mol. The van der Waals surface area contributed by atoms with Crippen LogP contribution in [0.15, 0.2) is 18.2 Å². The smallest absolute Gasteiger partial charge is 0.133 e. The van der Waals surface area contributed by atoms with E-state index in [-0.39, 0.29) is 5.82 Å². The Morgan fingerprint density at radius 2 is 2.00 bits per heavy atom. The number of thiophene rings is 1. The van der Waals surface area contributed by atoms with Crippen molar-refractivity contribution in [2.75, 3.05) is 0 Å². The van der Waals surface area contributed by atoms with Gasteiger partial charge >= 0.3 is 0 Å². The first kappa shape index (κ1) is 12.5. The summed E-state index contributed by atoms with van der Waals surface area (Å²) in [6, 6.07) is 5.05. The summed E-state index contributed by atoms with van der Waals surface area (Å²) in [5, 5.41) is 1.16. The maximum absolute atomic E-state index is 13.3. The molecule has 0 amide bonds. The second kappa shape index (κ2) is 5.47.